The van der Waals surface area contributed by atoms with Gasteiger partial charge in [-0.1, -0.05) is 104 Å². The lowest BCUT2D eigenvalue weighted by Gasteiger charge is -2.25. The first-order chi connectivity index (χ1) is 16.0. The summed E-state index contributed by atoms with van der Waals surface area (Å²) in [5.74, 6) is -0.0664. The standard InChI is InChI=1S/C27H54N4O2/c1-5-7-9-11-13-15-17-19-21-28(3)24-30-23-26(32)31(27(30)33)25-29(4)22-20-18-16-14-12-10-8-6-2/h5-25H2,1-4H3. The van der Waals surface area contributed by atoms with E-state index in [0.29, 0.717) is 13.3 Å². The van der Waals surface area contributed by atoms with E-state index in [0.717, 1.165) is 25.9 Å². The molecule has 0 saturated carbocycles. The molecule has 1 aliphatic heterocycles. The van der Waals surface area contributed by atoms with E-state index < -0.39 is 0 Å². The fourth-order valence-electron chi connectivity index (χ4n) is 4.55. The van der Waals surface area contributed by atoms with Crippen LogP contribution < -0.4 is 0 Å². The second-order valence-corrected chi connectivity index (χ2v) is 10.2. The van der Waals surface area contributed by atoms with Crippen molar-refractivity contribution in [2.24, 2.45) is 0 Å². The second kappa shape index (κ2) is 19.2. The van der Waals surface area contributed by atoms with Crippen LogP contribution in [0.3, 0.4) is 0 Å². The summed E-state index contributed by atoms with van der Waals surface area (Å²) in [7, 11) is 4.06. The van der Waals surface area contributed by atoms with Gasteiger partial charge in [0.05, 0.1) is 13.3 Å². The Hall–Kier alpha value is -1.14. The number of urea groups is 1. The molecule has 0 spiro atoms. The zero-order chi connectivity index (χ0) is 24.3. The van der Waals surface area contributed by atoms with E-state index in [9.17, 15) is 9.59 Å². The summed E-state index contributed by atoms with van der Waals surface area (Å²) in [6.07, 6.45) is 20.8. The summed E-state index contributed by atoms with van der Waals surface area (Å²) >= 11 is 0. The van der Waals surface area contributed by atoms with E-state index in [1.54, 1.807) is 4.90 Å². The molecule has 194 valence electrons. The van der Waals surface area contributed by atoms with Crippen LogP contribution >= 0.6 is 0 Å². The molecule has 0 unspecified atom stereocenters. The van der Waals surface area contributed by atoms with Crippen LogP contribution in [0.25, 0.3) is 0 Å². The van der Waals surface area contributed by atoms with Gasteiger partial charge in [-0.2, -0.15) is 0 Å². The van der Waals surface area contributed by atoms with Gasteiger partial charge < -0.3 is 4.90 Å². The highest BCUT2D eigenvalue weighted by Crippen LogP contribution is 2.14. The molecule has 6 nitrogen and oxygen atoms in total. The van der Waals surface area contributed by atoms with Gasteiger partial charge in [0.1, 0.15) is 6.54 Å². The molecule has 0 aromatic carbocycles. The molecule has 33 heavy (non-hydrogen) atoms. The summed E-state index contributed by atoms with van der Waals surface area (Å²) in [4.78, 5) is 32.6. The average molecular weight is 467 g/mol. The van der Waals surface area contributed by atoms with Gasteiger partial charge in [-0.3, -0.25) is 14.6 Å². The van der Waals surface area contributed by atoms with Crippen molar-refractivity contribution in [1.82, 2.24) is 19.6 Å². The van der Waals surface area contributed by atoms with Crippen LogP contribution in [0.5, 0.6) is 0 Å². The smallest absolute Gasteiger partial charge is 0.302 e. The predicted molar refractivity (Wildman–Crippen MR) is 139 cm³/mol. The van der Waals surface area contributed by atoms with Crippen molar-refractivity contribution < 1.29 is 9.59 Å². The summed E-state index contributed by atoms with van der Waals surface area (Å²) in [5.41, 5.74) is 0. The molecule has 0 aliphatic carbocycles. The Morgan fingerprint density at radius 3 is 1.45 bits per heavy atom. The van der Waals surface area contributed by atoms with Crippen molar-refractivity contribution in [1.29, 1.82) is 0 Å². The van der Waals surface area contributed by atoms with Gasteiger partial charge in [-0.05, 0) is 40.0 Å². The number of nitrogens with zero attached hydrogens (tertiary/aromatic N) is 4. The molecule has 3 amide bonds. The molecule has 1 aliphatic rings. The lowest BCUT2D eigenvalue weighted by atomic mass is 10.1. The molecule has 6 heteroatoms. The molecule has 0 N–H and O–H groups in total. The van der Waals surface area contributed by atoms with Crippen LogP contribution in [0.15, 0.2) is 0 Å². The summed E-state index contributed by atoms with van der Waals surface area (Å²) in [6, 6.07) is -0.134. The van der Waals surface area contributed by atoms with Crippen LogP contribution in [-0.2, 0) is 4.79 Å². The molecule has 1 saturated heterocycles. The van der Waals surface area contributed by atoms with E-state index in [1.165, 1.54) is 94.8 Å². The first-order valence-corrected chi connectivity index (χ1v) is 14.0. The summed E-state index contributed by atoms with van der Waals surface area (Å²) in [6.45, 7) is 7.58. The SMILES string of the molecule is CCCCCCCCCCN(C)CN1CC(=O)N(CN(C)CCCCCCCCCC)C1=O. The zero-order valence-corrected chi connectivity index (χ0v) is 22.5. The van der Waals surface area contributed by atoms with Gasteiger partial charge in [0, 0.05) is 0 Å². The monoisotopic (exact) mass is 466 g/mol. The van der Waals surface area contributed by atoms with E-state index >= 15 is 0 Å². The van der Waals surface area contributed by atoms with Gasteiger partial charge in [0.25, 0.3) is 5.91 Å². The third-order valence-electron chi connectivity index (χ3n) is 6.71. The van der Waals surface area contributed by atoms with Crippen molar-refractivity contribution in [3.05, 3.63) is 0 Å². The van der Waals surface area contributed by atoms with Gasteiger partial charge in [-0.15, -0.1) is 0 Å². The Morgan fingerprint density at radius 1 is 0.606 bits per heavy atom. The predicted octanol–water partition coefficient (Wildman–Crippen LogP) is 6.31. The van der Waals surface area contributed by atoms with Gasteiger partial charge in [0.15, 0.2) is 0 Å². The highest BCUT2D eigenvalue weighted by atomic mass is 16.2. The molecule has 0 atom stereocenters. The third kappa shape index (κ3) is 14.0. The quantitative estimate of drug-likeness (QED) is 0.138. The van der Waals surface area contributed by atoms with Crippen LogP contribution in [0.1, 0.15) is 117 Å². The number of rotatable bonds is 22. The number of carbonyl (C=O) groups is 2. The van der Waals surface area contributed by atoms with Crippen molar-refractivity contribution >= 4 is 11.9 Å². The lowest BCUT2D eigenvalue weighted by Crippen LogP contribution is -2.43. The molecule has 0 aromatic rings. The van der Waals surface area contributed by atoms with Gasteiger partial charge in [0.2, 0.25) is 0 Å². The first-order valence-electron chi connectivity index (χ1n) is 14.0. The normalized spacial score (nSPS) is 14.5. The molecule has 1 heterocycles. The van der Waals surface area contributed by atoms with E-state index in [-0.39, 0.29) is 18.5 Å². The number of unbranched alkanes of at least 4 members (excludes halogenated alkanes) is 14. The fraction of sp³-hybridized carbons (Fsp3) is 0.926. The maximum atomic E-state index is 12.8. The molecular formula is C27H54N4O2. The molecule has 0 radical (unpaired) electrons. The molecule has 0 bridgehead atoms. The summed E-state index contributed by atoms with van der Waals surface area (Å²) in [5, 5.41) is 0. The third-order valence-corrected chi connectivity index (χ3v) is 6.71. The van der Waals surface area contributed by atoms with Crippen molar-refractivity contribution in [3.8, 4) is 0 Å². The Labute approximate surface area is 205 Å². The van der Waals surface area contributed by atoms with Crippen molar-refractivity contribution in [2.45, 2.75) is 117 Å². The number of amides is 3. The molecule has 0 aromatic heterocycles. The lowest BCUT2D eigenvalue weighted by molar-refractivity contribution is -0.126. The Bertz CT molecular complexity index is 514. The van der Waals surface area contributed by atoms with E-state index in [1.807, 2.05) is 7.05 Å². The Kier molecular flexibility index (Phi) is 17.4. The minimum absolute atomic E-state index is 0.0664. The van der Waals surface area contributed by atoms with E-state index in [2.05, 4.69) is 30.7 Å². The van der Waals surface area contributed by atoms with Crippen molar-refractivity contribution in [3.63, 3.8) is 0 Å². The van der Waals surface area contributed by atoms with Crippen LogP contribution in [0, 0.1) is 0 Å². The number of imide groups is 1. The molecular weight excluding hydrogens is 412 g/mol. The largest absolute Gasteiger partial charge is 0.329 e. The first kappa shape index (κ1) is 29.9. The maximum absolute atomic E-state index is 12.8. The Balaban J connectivity index is 2.15. The zero-order valence-electron chi connectivity index (χ0n) is 22.5. The number of hydrogen-bond donors (Lipinski definition) is 0. The fourth-order valence-corrected chi connectivity index (χ4v) is 4.55. The van der Waals surface area contributed by atoms with Gasteiger partial charge >= 0.3 is 6.03 Å². The topological polar surface area (TPSA) is 47.1 Å². The molecule has 1 fully saturated rings. The van der Waals surface area contributed by atoms with Crippen molar-refractivity contribution in [2.75, 3.05) is 47.1 Å². The minimum Gasteiger partial charge on any atom is -0.302 e. The average Bonchev–Trinajstić information content (AvgIpc) is 3.04. The second-order valence-electron chi connectivity index (χ2n) is 10.2. The van der Waals surface area contributed by atoms with Crippen LogP contribution in [0.2, 0.25) is 0 Å². The number of hydrogen-bond acceptors (Lipinski definition) is 4. The van der Waals surface area contributed by atoms with Gasteiger partial charge in [-0.25, -0.2) is 9.69 Å². The Morgan fingerprint density at radius 2 is 1.00 bits per heavy atom. The highest BCUT2D eigenvalue weighted by Gasteiger charge is 2.36. The molecule has 1 rings (SSSR count). The number of carbonyl (C=O) groups excluding carboxylic acids is 2. The highest BCUT2D eigenvalue weighted by molar-refractivity contribution is 6.01. The minimum atomic E-state index is -0.134. The summed E-state index contributed by atoms with van der Waals surface area (Å²) < 4.78 is 0. The van der Waals surface area contributed by atoms with Crippen LogP contribution in [-0.4, -0.2) is 78.6 Å². The van der Waals surface area contributed by atoms with E-state index in [4.69, 9.17) is 0 Å². The van der Waals surface area contributed by atoms with Crippen LogP contribution in [0.4, 0.5) is 4.79 Å². The maximum Gasteiger partial charge on any atom is 0.329 e.